The summed E-state index contributed by atoms with van der Waals surface area (Å²) >= 11 is 0. The minimum Gasteiger partial charge on any atom is -0.322 e. The van der Waals surface area contributed by atoms with Crippen LogP contribution in [0, 0.1) is 12.7 Å². The van der Waals surface area contributed by atoms with E-state index in [0.29, 0.717) is 35.5 Å². The van der Waals surface area contributed by atoms with E-state index in [0.717, 1.165) is 0 Å². The van der Waals surface area contributed by atoms with Crippen LogP contribution in [0.15, 0.2) is 42.5 Å². The van der Waals surface area contributed by atoms with Crippen LogP contribution in [0.3, 0.4) is 0 Å². The molecule has 1 aliphatic rings. The van der Waals surface area contributed by atoms with Crippen molar-refractivity contribution in [1.29, 1.82) is 0 Å². The SMILES string of the molecule is Cc1cc(F)ccc1NC(=O)c1ccc(N2CCCS2(=O)=O)cc1. The van der Waals surface area contributed by atoms with E-state index in [2.05, 4.69) is 5.32 Å². The first kappa shape index (κ1) is 16.4. The second kappa shape index (κ2) is 6.24. The zero-order valence-corrected chi connectivity index (χ0v) is 13.9. The van der Waals surface area contributed by atoms with E-state index in [9.17, 15) is 17.6 Å². The smallest absolute Gasteiger partial charge is 0.255 e. The zero-order chi connectivity index (χ0) is 17.3. The molecule has 1 aliphatic heterocycles. The highest BCUT2D eigenvalue weighted by Gasteiger charge is 2.28. The number of carbonyl (C=O) groups excluding carboxylic acids is 1. The van der Waals surface area contributed by atoms with Gasteiger partial charge in [0.1, 0.15) is 5.82 Å². The summed E-state index contributed by atoms with van der Waals surface area (Å²) in [6, 6.07) is 10.5. The number of rotatable bonds is 3. The fraction of sp³-hybridized carbons (Fsp3) is 0.235. The third kappa shape index (κ3) is 3.26. The first-order valence-electron chi connectivity index (χ1n) is 7.55. The monoisotopic (exact) mass is 348 g/mol. The second-order valence-electron chi connectivity index (χ2n) is 5.70. The van der Waals surface area contributed by atoms with Crippen LogP contribution >= 0.6 is 0 Å². The van der Waals surface area contributed by atoms with E-state index in [1.54, 1.807) is 31.2 Å². The Balaban J connectivity index is 1.77. The molecule has 0 radical (unpaired) electrons. The molecular weight excluding hydrogens is 331 g/mol. The second-order valence-corrected chi connectivity index (χ2v) is 7.71. The van der Waals surface area contributed by atoms with Gasteiger partial charge in [0.2, 0.25) is 10.0 Å². The Kier molecular flexibility index (Phi) is 4.28. The summed E-state index contributed by atoms with van der Waals surface area (Å²) in [7, 11) is -3.23. The van der Waals surface area contributed by atoms with Crippen molar-refractivity contribution in [2.75, 3.05) is 21.9 Å². The summed E-state index contributed by atoms with van der Waals surface area (Å²) in [5.41, 5.74) is 2.12. The van der Waals surface area contributed by atoms with Crippen molar-refractivity contribution in [3.8, 4) is 0 Å². The number of hydrogen-bond acceptors (Lipinski definition) is 3. The van der Waals surface area contributed by atoms with Crippen LogP contribution in [-0.2, 0) is 10.0 Å². The number of amides is 1. The van der Waals surface area contributed by atoms with Gasteiger partial charge in [-0.15, -0.1) is 0 Å². The van der Waals surface area contributed by atoms with Gasteiger partial charge in [-0.2, -0.15) is 0 Å². The Labute approximate surface area is 140 Å². The Morgan fingerprint density at radius 1 is 1.17 bits per heavy atom. The molecule has 24 heavy (non-hydrogen) atoms. The average molecular weight is 348 g/mol. The molecule has 0 atom stereocenters. The minimum absolute atomic E-state index is 0.152. The number of nitrogens with zero attached hydrogens (tertiary/aromatic N) is 1. The Bertz CT molecular complexity index is 879. The lowest BCUT2D eigenvalue weighted by Gasteiger charge is -2.17. The molecule has 2 aromatic carbocycles. The molecule has 0 aliphatic carbocycles. The molecule has 3 rings (SSSR count). The van der Waals surface area contributed by atoms with Gasteiger partial charge in [0.05, 0.1) is 11.4 Å². The predicted molar refractivity (Wildman–Crippen MR) is 91.3 cm³/mol. The van der Waals surface area contributed by atoms with Crippen LogP contribution in [0.4, 0.5) is 15.8 Å². The molecule has 0 unspecified atom stereocenters. The fourth-order valence-corrected chi connectivity index (χ4v) is 4.23. The third-order valence-electron chi connectivity index (χ3n) is 3.95. The molecule has 1 amide bonds. The highest BCUT2D eigenvalue weighted by atomic mass is 32.2. The van der Waals surface area contributed by atoms with Crippen molar-refractivity contribution in [2.45, 2.75) is 13.3 Å². The molecule has 0 saturated carbocycles. The standard InChI is InChI=1S/C17H17FN2O3S/c1-12-11-14(18)5-8-16(12)19-17(21)13-3-6-15(7-4-13)20-9-2-10-24(20,22)23/h3-8,11H,2,9-10H2,1H3,(H,19,21). The quantitative estimate of drug-likeness (QED) is 0.927. The van der Waals surface area contributed by atoms with Gasteiger partial charge < -0.3 is 5.32 Å². The van der Waals surface area contributed by atoms with Crippen molar-refractivity contribution in [2.24, 2.45) is 0 Å². The number of nitrogens with one attached hydrogen (secondary N) is 1. The van der Waals surface area contributed by atoms with E-state index in [1.807, 2.05) is 0 Å². The number of aryl methyl sites for hydroxylation is 1. The summed E-state index contributed by atoms with van der Waals surface area (Å²) in [6.07, 6.45) is 0.606. The lowest BCUT2D eigenvalue weighted by Crippen LogP contribution is -2.25. The number of hydrogen-bond donors (Lipinski definition) is 1. The van der Waals surface area contributed by atoms with Crippen LogP contribution in [0.5, 0.6) is 0 Å². The highest BCUT2D eigenvalue weighted by Crippen LogP contribution is 2.24. The van der Waals surface area contributed by atoms with Crippen LogP contribution in [0.25, 0.3) is 0 Å². The third-order valence-corrected chi connectivity index (χ3v) is 5.82. The van der Waals surface area contributed by atoms with Gasteiger partial charge in [-0.1, -0.05) is 0 Å². The lowest BCUT2D eigenvalue weighted by molar-refractivity contribution is 0.102. The number of sulfonamides is 1. The molecule has 2 aromatic rings. The minimum atomic E-state index is -3.23. The molecule has 0 bridgehead atoms. The largest absolute Gasteiger partial charge is 0.322 e. The van der Waals surface area contributed by atoms with E-state index in [-0.39, 0.29) is 17.5 Å². The van der Waals surface area contributed by atoms with Crippen LogP contribution in [0.1, 0.15) is 22.3 Å². The first-order chi connectivity index (χ1) is 11.4. The number of benzene rings is 2. The first-order valence-corrected chi connectivity index (χ1v) is 9.16. The lowest BCUT2D eigenvalue weighted by atomic mass is 10.1. The molecule has 1 saturated heterocycles. The predicted octanol–water partition coefficient (Wildman–Crippen LogP) is 2.93. The van der Waals surface area contributed by atoms with E-state index in [1.165, 1.54) is 22.5 Å². The van der Waals surface area contributed by atoms with Gasteiger partial charge in [0.25, 0.3) is 5.91 Å². The molecule has 1 heterocycles. The number of anilines is 2. The van der Waals surface area contributed by atoms with Crippen LogP contribution in [-0.4, -0.2) is 26.6 Å². The van der Waals surface area contributed by atoms with Gasteiger partial charge in [-0.25, -0.2) is 12.8 Å². The molecule has 0 spiro atoms. The van der Waals surface area contributed by atoms with E-state index >= 15 is 0 Å². The summed E-state index contributed by atoms with van der Waals surface area (Å²) in [6.45, 7) is 2.17. The van der Waals surface area contributed by atoms with Crippen molar-refractivity contribution >= 4 is 27.3 Å². The Morgan fingerprint density at radius 3 is 2.46 bits per heavy atom. The van der Waals surface area contributed by atoms with Crippen LogP contribution in [0.2, 0.25) is 0 Å². The number of carbonyl (C=O) groups is 1. The van der Waals surface area contributed by atoms with Crippen molar-refractivity contribution < 1.29 is 17.6 Å². The molecule has 1 fully saturated rings. The maximum atomic E-state index is 13.1. The van der Waals surface area contributed by atoms with Crippen molar-refractivity contribution in [3.63, 3.8) is 0 Å². The topological polar surface area (TPSA) is 66.5 Å². The molecule has 0 aromatic heterocycles. The average Bonchev–Trinajstić information content (AvgIpc) is 2.89. The van der Waals surface area contributed by atoms with Gasteiger partial charge in [0, 0.05) is 17.8 Å². The van der Waals surface area contributed by atoms with Gasteiger partial charge in [0.15, 0.2) is 0 Å². The summed E-state index contributed by atoms with van der Waals surface area (Å²) in [5, 5.41) is 2.72. The number of halogens is 1. The van der Waals surface area contributed by atoms with E-state index < -0.39 is 10.0 Å². The molecule has 126 valence electrons. The molecule has 1 N–H and O–H groups in total. The maximum Gasteiger partial charge on any atom is 0.255 e. The highest BCUT2D eigenvalue weighted by molar-refractivity contribution is 7.93. The van der Waals surface area contributed by atoms with Crippen molar-refractivity contribution in [3.05, 3.63) is 59.4 Å². The molecule has 5 nitrogen and oxygen atoms in total. The molecular formula is C17H17FN2O3S. The van der Waals surface area contributed by atoms with Crippen molar-refractivity contribution in [1.82, 2.24) is 0 Å². The van der Waals surface area contributed by atoms with Gasteiger partial charge in [-0.3, -0.25) is 9.10 Å². The Hall–Kier alpha value is -2.41. The maximum absolute atomic E-state index is 13.1. The van der Waals surface area contributed by atoms with Gasteiger partial charge in [-0.05, 0) is 61.4 Å². The fourth-order valence-electron chi connectivity index (χ4n) is 2.67. The zero-order valence-electron chi connectivity index (χ0n) is 13.1. The summed E-state index contributed by atoms with van der Waals surface area (Å²) < 4.78 is 38.3. The molecule has 7 heteroatoms. The van der Waals surface area contributed by atoms with Gasteiger partial charge >= 0.3 is 0 Å². The van der Waals surface area contributed by atoms with E-state index in [4.69, 9.17) is 0 Å². The van der Waals surface area contributed by atoms with Crippen LogP contribution < -0.4 is 9.62 Å². The summed E-state index contributed by atoms with van der Waals surface area (Å²) in [5.74, 6) is -0.541. The normalized spacial score (nSPS) is 16.2. The Morgan fingerprint density at radius 2 is 1.88 bits per heavy atom. The summed E-state index contributed by atoms with van der Waals surface area (Å²) in [4.78, 5) is 12.3.